The number of amides is 1. The number of rotatable bonds is 12. The summed E-state index contributed by atoms with van der Waals surface area (Å²) in [6.45, 7) is 8.19. The molecule has 1 aliphatic heterocycles. The Morgan fingerprint density at radius 1 is 0.917 bits per heavy atom. The average molecular weight is 497 g/mol. The average Bonchev–Trinajstić information content (AvgIpc) is 3.10. The van der Waals surface area contributed by atoms with E-state index in [4.69, 9.17) is 14.2 Å². The van der Waals surface area contributed by atoms with Gasteiger partial charge in [-0.25, -0.2) is 0 Å². The van der Waals surface area contributed by atoms with Crippen LogP contribution in [0.1, 0.15) is 44.4 Å². The SMILES string of the molecule is CCOc1ccc(C(O)=C2C(=O)C(=O)N(CCCN(C)C)[C@H]2c2ccc(OCC)c(OCC)c2)cc1. The van der Waals surface area contributed by atoms with Crippen LogP contribution in [0.2, 0.25) is 0 Å². The molecule has 2 aromatic rings. The van der Waals surface area contributed by atoms with Crippen molar-refractivity contribution in [1.29, 1.82) is 0 Å². The van der Waals surface area contributed by atoms with Crippen LogP contribution in [0, 0.1) is 0 Å². The number of aliphatic hydroxyl groups is 1. The van der Waals surface area contributed by atoms with Crippen LogP contribution in [-0.4, -0.2) is 73.6 Å². The van der Waals surface area contributed by atoms with Gasteiger partial charge in [0.05, 0.1) is 31.4 Å². The van der Waals surface area contributed by atoms with Crippen molar-refractivity contribution in [3.63, 3.8) is 0 Å². The maximum atomic E-state index is 13.3. The van der Waals surface area contributed by atoms with Gasteiger partial charge in [-0.3, -0.25) is 9.59 Å². The van der Waals surface area contributed by atoms with Crippen molar-refractivity contribution in [2.45, 2.75) is 33.2 Å². The van der Waals surface area contributed by atoms with Crippen LogP contribution >= 0.6 is 0 Å². The maximum absolute atomic E-state index is 13.3. The predicted molar refractivity (Wildman–Crippen MR) is 139 cm³/mol. The summed E-state index contributed by atoms with van der Waals surface area (Å²) >= 11 is 0. The number of carbonyl (C=O) groups is 2. The number of hydrogen-bond acceptors (Lipinski definition) is 7. The molecule has 194 valence electrons. The Morgan fingerprint density at radius 3 is 2.17 bits per heavy atom. The van der Waals surface area contributed by atoms with Crippen molar-refractivity contribution < 1.29 is 28.9 Å². The van der Waals surface area contributed by atoms with Crippen LogP contribution < -0.4 is 14.2 Å². The van der Waals surface area contributed by atoms with Gasteiger partial charge in [0.25, 0.3) is 11.7 Å². The molecular weight excluding hydrogens is 460 g/mol. The van der Waals surface area contributed by atoms with E-state index in [1.54, 1.807) is 36.4 Å². The molecule has 0 aromatic heterocycles. The number of hydrogen-bond donors (Lipinski definition) is 1. The molecule has 0 aliphatic carbocycles. The molecule has 0 radical (unpaired) electrons. The lowest BCUT2D eigenvalue weighted by Crippen LogP contribution is -2.32. The van der Waals surface area contributed by atoms with Gasteiger partial charge in [-0.15, -0.1) is 0 Å². The first kappa shape index (κ1) is 27.1. The van der Waals surface area contributed by atoms with Crippen molar-refractivity contribution >= 4 is 17.4 Å². The third-order valence-electron chi connectivity index (χ3n) is 5.87. The monoisotopic (exact) mass is 496 g/mol. The van der Waals surface area contributed by atoms with Crippen molar-refractivity contribution in [1.82, 2.24) is 9.80 Å². The summed E-state index contributed by atoms with van der Waals surface area (Å²) in [5.41, 5.74) is 1.16. The number of ether oxygens (including phenoxy) is 3. The first-order chi connectivity index (χ1) is 17.3. The summed E-state index contributed by atoms with van der Waals surface area (Å²) in [6.07, 6.45) is 0.676. The smallest absolute Gasteiger partial charge is 0.295 e. The van der Waals surface area contributed by atoms with Crippen LogP contribution in [0.5, 0.6) is 17.2 Å². The highest BCUT2D eigenvalue weighted by atomic mass is 16.5. The zero-order chi connectivity index (χ0) is 26.2. The minimum absolute atomic E-state index is 0.0561. The van der Waals surface area contributed by atoms with Gasteiger partial charge >= 0.3 is 0 Å². The van der Waals surface area contributed by atoms with Crippen LogP contribution in [0.25, 0.3) is 5.76 Å². The summed E-state index contributed by atoms with van der Waals surface area (Å²) in [5, 5.41) is 11.3. The second-order valence-electron chi connectivity index (χ2n) is 8.68. The lowest BCUT2D eigenvalue weighted by atomic mass is 9.95. The van der Waals surface area contributed by atoms with Gasteiger partial charge in [0.15, 0.2) is 11.5 Å². The second-order valence-corrected chi connectivity index (χ2v) is 8.68. The number of ketones is 1. The van der Waals surface area contributed by atoms with E-state index in [2.05, 4.69) is 0 Å². The number of carbonyl (C=O) groups excluding carboxylic acids is 2. The molecule has 1 heterocycles. The van der Waals surface area contributed by atoms with Crippen molar-refractivity contribution in [3.8, 4) is 17.2 Å². The molecule has 0 saturated carbocycles. The Morgan fingerprint density at radius 2 is 1.56 bits per heavy atom. The zero-order valence-corrected chi connectivity index (χ0v) is 21.7. The number of nitrogens with zero attached hydrogens (tertiary/aromatic N) is 2. The molecule has 0 spiro atoms. The van der Waals surface area contributed by atoms with E-state index >= 15 is 0 Å². The standard InChI is InChI=1S/C28H36N2O6/c1-6-34-21-13-10-19(11-14-21)26(31)24-25(30(28(33)27(24)32)17-9-16-29(4)5)20-12-15-22(35-7-2)23(18-20)36-8-3/h10-15,18,25,31H,6-9,16-17H2,1-5H3/t25-/m0/s1. The van der Waals surface area contributed by atoms with E-state index in [0.29, 0.717) is 61.2 Å². The fraction of sp³-hybridized carbons (Fsp3) is 0.429. The Hall–Kier alpha value is -3.52. The Bertz CT molecular complexity index is 1090. The molecule has 1 amide bonds. The summed E-state index contributed by atoms with van der Waals surface area (Å²) in [6, 6.07) is 11.4. The lowest BCUT2D eigenvalue weighted by Gasteiger charge is -2.26. The van der Waals surface area contributed by atoms with E-state index in [1.165, 1.54) is 4.90 Å². The number of benzene rings is 2. The highest BCUT2D eigenvalue weighted by Gasteiger charge is 2.46. The van der Waals surface area contributed by atoms with Gasteiger partial charge in [0.1, 0.15) is 11.5 Å². The van der Waals surface area contributed by atoms with Crippen LogP contribution in [0.15, 0.2) is 48.0 Å². The van der Waals surface area contributed by atoms with Crippen molar-refractivity contribution in [2.75, 3.05) is 47.0 Å². The normalized spacial score (nSPS) is 17.1. The van der Waals surface area contributed by atoms with E-state index in [0.717, 1.165) is 6.54 Å². The summed E-state index contributed by atoms with van der Waals surface area (Å²) < 4.78 is 17.0. The Balaban J connectivity index is 2.11. The summed E-state index contributed by atoms with van der Waals surface area (Å²) in [4.78, 5) is 30.0. The fourth-order valence-corrected chi connectivity index (χ4v) is 4.28. The molecule has 8 nitrogen and oxygen atoms in total. The van der Waals surface area contributed by atoms with Gasteiger partial charge in [0.2, 0.25) is 0 Å². The molecule has 36 heavy (non-hydrogen) atoms. The third-order valence-corrected chi connectivity index (χ3v) is 5.87. The van der Waals surface area contributed by atoms with Gasteiger partial charge < -0.3 is 29.1 Å². The van der Waals surface area contributed by atoms with E-state index in [9.17, 15) is 14.7 Å². The minimum Gasteiger partial charge on any atom is -0.507 e. The first-order valence-corrected chi connectivity index (χ1v) is 12.4. The van der Waals surface area contributed by atoms with Crippen molar-refractivity contribution in [2.24, 2.45) is 0 Å². The highest BCUT2D eigenvalue weighted by molar-refractivity contribution is 6.46. The molecule has 1 aliphatic rings. The predicted octanol–water partition coefficient (Wildman–Crippen LogP) is 4.26. The largest absolute Gasteiger partial charge is 0.507 e. The number of Topliss-reactive ketones (excluding diaryl/α,β-unsaturated/α-hetero) is 1. The molecule has 8 heteroatoms. The minimum atomic E-state index is -0.756. The van der Waals surface area contributed by atoms with E-state index in [1.807, 2.05) is 45.8 Å². The first-order valence-electron chi connectivity index (χ1n) is 12.4. The number of likely N-dealkylation sites (tertiary alicyclic amines) is 1. The van der Waals surface area contributed by atoms with Gasteiger partial charge in [-0.1, -0.05) is 6.07 Å². The van der Waals surface area contributed by atoms with Crippen molar-refractivity contribution in [3.05, 3.63) is 59.2 Å². The molecule has 1 N–H and O–H groups in total. The van der Waals surface area contributed by atoms with E-state index in [-0.39, 0.29) is 11.3 Å². The lowest BCUT2D eigenvalue weighted by molar-refractivity contribution is -0.139. The van der Waals surface area contributed by atoms with Gasteiger partial charge in [-0.05, 0) is 89.8 Å². The number of aliphatic hydroxyl groups excluding tert-OH is 1. The van der Waals surface area contributed by atoms with Gasteiger partial charge in [-0.2, -0.15) is 0 Å². The quantitative estimate of drug-likeness (QED) is 0.267. The zero-order valence-electron chi connectivity index (χ0n) is 21.7. The van der Waals surface area contributed by atoms with Gasteiger partial charge in [0, 0.05) is 12.1 Å². The Kier molecular flexibility index (Phi) is 9.36. The highest BCUT2D eigenvalue weighted by Crippen LogP contribution is 2.42. The van der Waals surface area contributed by atoms with Crippen LogP contribution in [0.4, 0.5) is 0 Å². The van der Waals surface area contributed by atoms with Crippen LogP contribution in [0.3, 0.4) is 0 Å². The molecule has 3 rings (SSSR count). The fourth-order valence-electron chi connectivity index (χ4n) is 4.28. The third kappa shape index (κ3) is 5.99. The summed E-state index contributed by atoms with van der Waals surface area (Å²) in [7, 11) is 3.91. The molecule has 1 atom stereocenters. The van der Waals surface area contributed by atoms with E-state index < -0.39 is 17.7 Å². The molecule has 1 fully saturated rings. The van der Waals surface area contributed by atoms with Crippen LogP contribution in [-0.2, 0) is 9.59 Å². The molecule has 0 bridgehead atoms. The molecule has 0 unspecified atom stereocenters. The topological polar surface area (TPSA) is 88.5 Å². The molecular formula is C28H36N2O6. The maximum Gasteiger partial charge on any atom is 0.295 e. The molecule has 1 saturated heterocycles. The molecule has 2 aromatic carbocycles. The second kappa shape index (κ2) is 12.4. The Labute approximate surface area is 213 Å². The summed E-state index contributed by atoms with van der Waals surface area (Å²) in [5.74, 6) is 0.211.